The van der Waals surface area contributed by atoms with E-state index in [-0.39, 0.29) is 6.10 Å². The van der Waals surface area contributed by atoms with Gasteiger partial charge in [0.25, 0.3) is 0 Å². The predicted octanol–water partition coefficient (Wildman–Crippen LogP) is 1.90. The van der Waals surface area contributed by atoms with Gasteiger partial charge in [0.05, 0.1) is 6.10 Å². The van der Waals surface area contributed by atoms with Gasteiger partial charge in [-0.1, -0.05) is 0 Å². The first-order chi connectivity index (χ1) is 3.92. The summed E-state index contributed by atoms with van der Waals surface area (Å²) >= 11 is 0. The Morgan fingerprint density at radius 2 is 2.00 bits per heavy atom. The molecule has 1 N–H and O–H groups in total. The molecule has 0 saturated carbocycles. The van der Waals surface area contributed by atoms with Crippen molar-refractivity contribution in [2.24, 2.45) is 0 Å². The van der Waals surface area contributed by atoms with E-state index in [4.69, 9.17) is 5.11 Å². The Hall–Kier alpha value is -0.110. The van der Waals surface area contributed by atoms with E-state index in [1.54, 1.807) is 6.92 Å². The molecule has 0 spiro atoms. The molecule has 2 heteroatoms. The van der Waals surface area contributed by atoms with Crippen molar-refractivity contribution in [3.05, 3.63) is 0 Å². The second kappa shape index (κ2) is 3.16. The van der Waals surface area contributed by atoms with E-state index in [1.807, 2.05) is 0 Å². The van der Waals surface area contributed by atoms with Crippen molar-refractivity contribution in [3.8, 4) is 0 Å². The van der Waals surface area contributed by atoms with E-state index in [2.05, 4.69) is 0 Å². The van der Waals surface area contributed by atoms with Gasteiger partial charge in [-0.15, -0.1) is 0 Å². The summed E-state index contributed by atoms with van der Waals surface area (Å²) in [6.45, 7) is 4.72. The van der Waals surface area contributed by atoms with Crippen molar-refractivity contribution in [2.45, 2.75) is 45.4 Å². The third kappa shape index (κ3) is 7.89. The molecule has 0 bridgehead atoms. The van der Waals surface area contributed by atoms with Crippen LogP contribution in [0.3, 0.4) is 0 Å². The van der Waals surface area contributed by atoms with Crippen LogP contribution in [0.4, 0.5) is 4.39 Å². The summed E-state index contributed by atoms with van der Waals surface area (Å²) in [7, 11) is 0. The fraction of sp³-hybridized carbons (Fsp3) is 1.00. The standard InChI is InChI=1S/C7H15FO/c1-6(9)4-5-7(2,3)8/h6,9H,4-5H2,1-3H3/t6-/m0/s1. The quantitative estimate of drug-likeness (QED) is 0.625. The van der Waals surface area contributed by atoms with Crippen molar-refractivity contribution < 1.29 is 9.50 Å². The average molecular weight is 134 g/mol. The molecular weight excluding hydrogens is 119 g/mol. The van der Waals surface area contributed by atoms with Gasteiger partial charge in [-0.05, 0) is 33.6 Å². The van der Waals surface area contributed by atoms with Crippen molar-refractivity contribution in [1.29, 1.82) is 0 Å². The smallest absolute Gasteiger partial charge is 0.105 e. The Labute approximate surface area is 55.9 Å². The summed E-state index contributed by atoms with van der Waals surface area (Å²) in [6, 6.07) is 0. The van der Waals surface area contributed by atoms with Crippen LogP contribution in [-0.4, -0.2) is 16.9 Å². The second-order valence-corrected chi connectivity index (χ2v) is 3.11. The monoisotopic (exact) mass is 134 g/mol. The SMILES string of the molecule is C[C@H](O)CCC(C)(C)F. The van der Waals surface area contributed by atoms with Gasteiger partial charge in [0.1, 0.15) is 5.67 Å². The highest BCUT2D eigenvalue weighted by Gasteiger charge is 2.15. The molecule has 9 heavy (non-hydrogen) atoms. The summed E-state index contributed by atoms with van der Waals surface area (Å²) in [5.41, 5.74) is -1.13. The minimum atomic E-state index is -1.13. The van der Waals surface area contributed by atoms with Crippen LogP contribution in [0, 0.1) is 0 Å². The maximum atomic E-state index is 12.6. The fourth-order valence-electron chi connectivity index (χ4n) is 0.552. The number of halogens is 1. The van der Waals surface area contributed by atoms with Crippen molar-refractivity contribution in [1.82, 2.24) is 0 Å². The predicted molar refractivity (Wildman–Crippen MR) is 36.1 cm³/mol. The maximum Gasteiger partial charge on any atom is 0.105 e. The molecule has 0 rings (SSSR count). The molecule has 0 aliphatic rings. The summed E-state index contributed by atoms with van der Waals surface area (Å²) in [5, 5.41) is 8.75. The lowest BCUT2D eigenvalue weighted by Gasteiger charge is -2.14. The highest BCUT2D eigenvalue weighted by molar-refractivity contribution is 4.66. The number of hydrogen-bond donors (Lipinski definition) is 1. The number of alkyl halides is 1. The lowest BCUT2D eigenvalue weighted by atomic mass is 10.0. The molecule has 0 amide bonds. The molecule has 0 saturated heterocycles. The van der Waals surface area contributed by atoms with Crippen LogP contribution in [-0.2, 0) is 0 Å². The average Bonchev–Trinajstić information content (AvgIpc) is 1.59. The van der Waals surface area contributed by atoms with Crippen LogP contribution >= 0.6 is 0 Å². The normalized spacial score (nSPS) is 15.7. The van der Waals surface area contributed by atoms with Crippen molar-refractivity contribution in [2.75, 3.05) is 0 Å². The first-order valence-corrected chi connectivity index (χ1v) is 3.29. The van der Waals surface area contributed by atoms with E-state index >= 15 is 0 Å². The molecule has 56 valence electrons. The first kappa shape index (κ1) is 8.89. The topological polar surface area (TPSA) is 20.2 Å². The molecule has 0 radical (unpaired) electrons. The van der Waals surface area contributed by atoms with E-state index in [0.29, 0.717) is 12.8 Å². The summed E-state index contributed by atoms with van der Waals surface area (Å²) in [4.78, 5) is 0. The van der Waals surface area contributed by atoms with E-state index < -0.39 is 5.67 Å². The van der Waals surface area contributed by atoms with Gasteiger partial charge in [0, 0.05) is 0 Å². The zero-order chi connectivity index (χ0) is 7.49. The molecule has 0 aliphatic carbocycles. The third-order valence-corrected chi connectivity index (χ3v) is 1.16. The molecule has 0 aliphatic heterocycles. The molecular formula is C7H15FO. The third-order valence-electron chi connectivity index (χ3n) is 1.16. The number of hydrogen-bond acceptors (Lipinski definition) is 1. The van der Waals surface area contributed by atoms with Crippen LogP contribution in [0.25, 0.3) is 0 Å². The van der Waals surface area contributed by atoms with Crippen LogP contribution in [0.2, 0.25) is 0 Å². The largest absolute Gasteiger partial charge is 0.393 e. The maximum absolute atomic E-state index is 12.6. The summed E-state index contributed by atoms with van der Waals surface area (Å²) in [5.74, 6) is 0. The van der Waals surface area contributed by atoms with Gasteiger partial charge in [0.15, 0.2) is 0 Å². The molecule has 0 aromatic carbocycles. The van der Waals surface area contributed by atoms with Crippen LogP contribution in [0.5, 0.6) is 0 Å². The van der Waals surface area contributed by atoms with Gasteiger partial charge in [-0.2, -0.15) is 0 Å². The molecule has 1 atom stereocenters. The highest BCUT2D eigenvalue weighted by atomic mass is 19.1. The molecule has 0 fully saturated rings. The Morgan fingerprint density at radius 3 is 2.11 bits per heavy atom. The fourth-order valence-corrected chi connectivity index (χ4v) is 0.552. The van der Waals surface area contributed by atoms with Crippen LogP contribution in [0.1, 0.15) is 33.6 Å². The zero-order valence-electron chi connectivity index (χ0n) is 6.32. The lowest BCUT2D eigenvalue weighted by molar-refractivity contribution is 0.133. The first-order valence-electron chi connectivity index (χ1n) is 3.29. The molecule has 0 heterocycles. The van der Waals surface area contributed by atoms with E-state index in [1.165, 1.54) is 13.8 Å². The van der Waals surface area contributed by atoms with Crippen molar-refractivity contribution >= 4 is 0 Å². The zero-order valence-corrected chi connectivity index (χ0v) is 6.32. The van der Waals surface area contributed by atoms with E-state index in [9.17, 15) is 4.39 Å². The number of aliphatic hydroxyl groups is 1. The van der Waals surface area contributed by atoms with Gasteiger partial charge < -0.3 is 5.11 Å². The Morgan fingerprint density at radius 1 is 1.56 bits per heavy atom. The lowest BCUT2D eigenvalue weighted by Crippen LogP contribution is -2.14. The molecule has 1 nitrogen and oxygen atoms in total. The van der Waals surface area contributed by atoms with Crippen LogP contribution in [0.15, 0.2) is 0 Å². The molecule has 0 aromatic heterocycles. The van der Waals surface area contributed by atoms with Gasteiger partial charge in [0.2, 0.25) is 0 Å². The number of aliphatic hydroxyl groups excluding tert-OH is 1. The van der Waals surface area contributed by atoms with Gasteiger partial charge in [-0.25, -0.2) is 4.39 Å². The Kier molecular flexibility index (Phi) is 3.12. The second-order valence-electron chi connectivity index (χ2n) is 3.11. The summed E-state index contributed by atoms with van der Waals surface area (Å²) in [6.07, 6.45) is 0.605. The molecule has 0 aromatic rings. The van der Waals surface area contributed by atoms with Gasteiger partial charge >= 0.3 is 0 Å². The minimum absolute atomic E-state index is 0.375. The highest BCUT2D eigenvalue weighted by Crippen LogP contribution is 2.16. The molecule has 0 unspecified atom stereocenters. The Bertz CT molecular complexity index is 73.5. The minimum Gasteiger partial charge on any atom is -0.393 e. The number of rotatable bonds is 3. The van der Waals surface area contributed by atoms with Crippen molar-refractivity contribution in [3.63, 3.8) is 0 Å². The van der Waals surface area contributed by atoms with E-state index in [0.717, 1.165) is 0 Å². The summed E-state index contributed by atoms with van der Waals surface area (Å²) < 4.78 is 12.6. The van der Waals surface area contributed by atoms with Crippen LogP contribution < -0.4 is 0 Å². The Balaban J connectivity index is 3.28. The van der Waals surface area contributed by atoms with Gasteiger partial charge in [-0.3, -0.25) is 0 Å².